The molecule has 2 N–H and O–H groups in total. The third kappa shape index (κ3) is 23.3. The Morgan fingerprint density at radius 3 is 1.58 bits per heavy atom. The molecule has 0 aromatic carbocycles. The molecule has 0 bridgehead atoms. The van der Waals surface area contributed by atoms with Crippen LogP contribution in [0.25, 0.3) is 0 Å². The first-order valence-electron chi connectivity index (χ1n) is 7.38. The SMILES string of the molecule is CC.CNCCOCCOCCOCCNC(C)C. The van der Waals surface area contributed by atoms with Gasteiger partial charge in [-0.3, -0.25) is 0 Å². The Hall–Kier alpha value is -0.200. The highest BCUT2D eigenvalue weighted by molar-refractivity contribution is 4.50. The fourth-order valence-corrected chi connectivity index (χ4v) is 1.14. The van der Waals surface area contributed by atoms with Gasteiger partial charge in [0.25, 0.3) is 0 Å². The first kappa shape index (κ1) is 21.1. The zero-order valence-electron chi connectivity index (χ0n) is 13.5. The molecule has 0 amide bonds. The van der Waals surface area contributed by atoms with Crippen LogP contribution in [0.15, 0.2) is 0 Å². The maximum absolute atomic E-state index is 5.39. The van der Waals surface area contributed by atoms with Crippen molar-refractivity contribution in [1.29, 1.82) is 0 Å². The molecule has 0 rings (SSSR count). The molecule has 0 unspecified atom stereocenters. The largest absolute Gasteiger partial charge is 0.378 e. The van der Waals surface area contributed by atoms with Crippen molar-refractivity contribution in [2.24, 2.45) is 0 Å². The van der Waals surface area contributed by atoms with Crippen LogP contribution >= 0.6 is 0 Å². The summed E-state index contributed by atoms with van der Waals surface area (Å²) in [4.78, 5) is 0. The highest BCUT2D eigenvalue weighted by atomic mass is 16.5. The lowest BCUT2D eigenvalue weighted by molar-refractivity contribution is 0.0157. The fraction of sp³-hybridized carbons (Fsp3) is 1.00. The fourth-order valence-electron chi connectivity index (χ4n) is 1.14. The Kier molecular flexibility index (Phi) is 22.4. The van der Waals surface area contributed by atoms with E-state index in [1.807, 2.05) is 20.9 Å². The van der Waals surface area contributed by atoms with Gasteiger partial charge in [-0.1, -0.05) is 27.7 Å². The molecule has 0 aliphatic heterocycles. The van der Waals surface area contributed by atoms with Gasteiger partial charge in [0.1, 0.15) is 0 Å². The maximum Gasteiger partial charge on any atom is 0.0701 e. The van der Waals surface area contributed by atoms with E-state index in [2.05, 4.69) is 24.5 Å². The van der Waals surface area contributed by atoms with Gasteiger partial charge in [-0.2, -0.15) is 0 Å². The molecule has 5 nitrogen and oxygen atoms in total. The smallest absolute Gasteiger partial charge is 0.0701 e. The molecule has 19 heavy (non-hydrogen) atoms. The van der Waals surface area contributed by atoms with Gasteiger partial charge in [-0.25, -0.2) is 0 Å². The van der Waals surface area contributed by atoms with E-state index in [0.29, 0.717) is 32.5 Å². The van der Waals surface area contributed by atoms with Gasteiger partial charge in [-0.15, -0.1) is 0 Å². The number of likely N-dealkylation sites (N-methyl/N-ethyl adjacent to an activating group) is 1. The highest BCUT2D eigenvalue weighted by Gasteiger charge is 1.93. The minimum Gasteiger partial charge on any atom is -0.378 e. The molecule has 0 aliphatic carbocycles. The minimum atomic E-state index is 0.518. The van der Waals surface area contributed by atoms with E-state index in [0.717, 1.165) is 26.3 Å². The summed E-state index contributed by atoms with van der Waals surface area (Å²) < 4.78 is 16.0. The van der Waals surface area contributed by atoms with E-state index in [4.69, 9.17) is 14.2 Å². The van der Waals surface area contributed by atoms with Crippen LogP contribution in [0.3, 0.4) is 0 Å². The van der Waals surface area contributed by atoms with Crippen molar-refractivity contribution in [3.05, 3.63) is 0 Å². The van der Waals surface area contributed by atoms with Crippen LogP contribution in [0.1, 0.15) is 27.7 Å². The van der Waals surface area contributed by atoms with Crippen LogP contribution < -0.4 is 10.6 Å². The molecule has 0 aromatic heterocycles. The molecular formula is C14H34N2O3. The molecule has 0 aromatic rings. The summed E-state index contributed by atoms with van der Waals surface area (Å²) in [6.07, 6.45) is 0. The zero-order chi connectivity index (χ0) is 14.8. The number of ether oxygens (including phenoxy) is 3. The Morgan fingerprint density at radius 1 is 0.737 bits per heavy atom. The van der Waals surface area contributed by atoms with Crippen LogP contribution in [-0.2, 0) is 14.2 Å². The van der Waals surface area contributed by atoms with E-state index in [1.165, 1.54) is 0 Å². The summed E-state index contributed by atoms with van der Waals surface area (Å²) in [5.41, 5.74) is 0. The van der Waals surface area contributed by atoms with Crippen LogP contribution in [0.4, 0.5) is 0 Å². The van der Waals surface area contributed by atoms with Crippen molar-refractivity contribution in [3.63, 3.8) is 0 Å². The normalized spacial score (nSPS) is 10.4. The standard InChI is InChI=1S/C12H28N2O3.C2H6/c1-12(2)14-5-7-16-9-11-17-10-8-15-6-4-13-3;1-2/h12-14H,4-11H2,1-3H3;1-2H3. The Morgan fingerprint density at radius 2 is 1.16 bits per heavy atom. The summed E-state index contributed by atoms with van der Waals surface area (Å²) in [7, 11) is 1.91. The third-order valence-electron chi connectivity index (χ3n) is 2.04. The molecule has 0 heterocycles. The lowest BCUT2D eigenvalue weighted by atomic mass is 10.4. The summed E-state index contributed by atoms with van der Waals surface area (Å²) in [6.45, 7) is 14.1. The van der Waals surface area contributed by atoms with Gasteiger partial charge < -0.3 is 24.8 Å². The second-order valence-electron chi connectivity index (χ2n) is 4.05. The monoisotopic (exact) mass is 278 g/mol. The molecule has 0 saturated heterocycles. The lowest BCUT2D eigenvalue weighted by Crippen LogP contribution is -2.27. The lowest BCUT2D eigenvalue weighted by Gasteiger charge is -2.09. The second kappa shape index (κ2) is 20.1. The molecule has 5 heteroatoms. The third-order valence-corrected chi connectivity index (χ3v) is 2.04. The van der Waals surface area contributed by atoms with E-state index in [1.54, 1.807) is 0 Å². The maximum atomic E-state index is 5.39. The van der Waals surface area contributed by atoms with Gasteiger partial charge in [0.2, 0.25) is 0 Å². The van der Waals surface area contributed by atoms with Crippen molar-refractivity contribution in [1.82, 2.24) is 10.6 Å². The summed E-state index contributed by atoms with van der Waals surface area (Å²) in [6, 6.07) is 0.518. The molecule has 118 valence electrons. The number of hydrogen-bond donors (Lipinski definition) is 2. The van der Waals surface area contributed by atoms with Crippen LogP contribution in [0, 0.1) is 0 Å². The van der Waals surface area contributed by atoms with E-state index < -0.39 is 0 Å². The first-order valence-corrected chi connectivity index (χ1v) is 7.38. The van der Waals surface area contributed by atoms with Crippen LogP contribution in [0.5, 0.6) is 0 Å². The van der Waals surface area contributed by atoms with Crippen LogP contribution in [-0.4, -0.2) is 65.8 Å². The summed E-state index contributed by atoms with van der Waals surface area (Å²) in [5, 5.41) is 6.30. The molecule has 0 saturated carbocycles. The summed E-state index contributed by atoms with van der Waals surface area (Å²) in [5.74, 6) is 0. The topological polar surface area (TPSA) is 51.8 Å². The zero-order valence-corrected chi connectivity index (χ0v) is 13.5. The van der Waals surface area contributed by atoms with Crippen molar-refractivity contribution in [2.75, 3.05) is 59.8 Å². The van der Waals surface area contributed by atoms with Crippen molar-refractivity contribution in [3.8, 4) is 0 Å². The Bertz CT molecular complexity index is 147. The number of hydrogen-bond acceptors (Lipinski definition) is 5. The van der Waals surface area contributed by atoms with Gasteiger partial charge in [-0.05, 0) is 7.05 Å². The van der Waals surface area contributed by atoms with Crippen molar-refractivity contribution >= 4 is 0 Å². The van der Waals surface area contributed by atoms with Crippen molar-refractivity contribution < 1.29 is 14.2 Å². The van der Waals surface area contributed by atoms with E-state index >= 15 is 0 Å². The second-order valence-corrected chi connectivity index (χ2v) is 4.05. The molecule has 0 radical (unpaired) electrons. The highest BCUT2D eigenvalue weighted by Crippen LogP contribution is 1.81. The number of rotatable bonds is 13. The minimum absolute atomic E-state index is 0.518. The van der Waals surface area contributed by atoms with Crippen LogP contribution in [0.2, 0.25) is 0 Å². The molecular weight excluding hydrogens is 244 g/mol. The van der Waals surface area contributed by atoms with E-state index in [9.17, 15) is 0 Å². The van der Waals surface area contributed by atoms with Gasteiger partial charge in [0.05, 0.1) is 39.6 Å². The van der Waals surface area contributed by atoms with Gasteiger partial charge in [0, 0.05) is 19.1 Å². The molecule has 0 fully saturated rings. The number of nitrogens with one attached hydrogen (secondary N) is 2. The van der Waals surface area contributed by atoms with Crippen molar-refractivity contribution in [2.45, 2.75) is 33.7 Å². The summed E-state index contributed by atoms with van der Waals surface area (Å²) >= 11 is 0. The Balaban J connectivity index is 0. The molecule has 0 atom stereocenters. The average Bonchev–Trinajstić information content (AvgIpc) is 2.42. The quantitative estimate of drug-likeness (QED) is 0.497. The molecule has 0 spiro atoms. The predicted molar refractivity (Wildman–Crippen MR) is 80.9 cm³/mol. The Labute approximate surface area is 119 Å². The van der Waals surface area contributed by atoms with Gasteiger partial charge in [0.15, 0.2) is 0 Å². The molecule has 0 aliphatic rings. The first-order chi connectivity index (χ1) is 9.27. The predicted octanol–water partition coefficient (Wildman–Crippen LogP) is 1.28. The van der Waals surface area contributed by atoms with Gasteiger partial charge >= 0.3 is 0 Å². The van der Waals surface area contributed by atoms with E-state index in [-0.39, 0.29) is 0 Å². The average molecular weight is 278 g/mol.